The molecule has 0 saturated heterocycles. The third-order valence-electron chi connectivity index (χ3n) is 0.425. The summed E-state index contributed by atoms with van der Waals surface area (Å²) in [5.41, 5.74) is 0. The van der Waals surface area contributed by atoms with Crippen molar-refractivity contribution in [2.75, 3.05) is 0 Å². The Balaban J connectivity index is -0.0000000122. The summed E-state index contributed by atoms with van der Waals surface area (Å²) < 4.78 is 0. The lowest BCUT2D eigenvalue weighted by Gasteiger charge is -1.39. The highest BCUT2D eigenvalue weighted by molar-refractivity contribution is 7.07. The molecule has 0 bridgehead atoms. The number of thiophene rings is 1. The van der Waals surface area contributed by atoms with Gasteiger partial charge in [0.1, 0.15) is 0 Å². The van der Waals surface area contributed by atoms with E-state index in [-0.39, 0.29) is 37.1 Å². The molecule has 12 heavy (non-hydrogen) atoms. The average molecular weight is 194 g/mol. The molecule has 1 aromatic heterocycles. The molecule has 1 heteroatoms. The minimum absolute atomic E-state index is 0. The monoisotopic (exact) mass is 194 g/mol. The quantitative estimate of drug-likeness (QED) is 0.478. The van der Waals surface area contributed by atoms with Crippen molar-refractivity contribution < 1.29 is 0 Å². The van der Waals surface area contributed by atoms with Gasteiger partial charge in [-0.15, -0.1) is 0 Å². The van der Waals surface area contributed by atoms with Gasteiger partial charge in [0.2, 0.25) is 0 Å². The summed E-state index contributed by atoms with van der Waals surface area (Å²) in [4.78, 5) is 0. The largest absolute Gasteiger partial charge is 0.152 e. The zero-order valence-corrected chi connectivity index (χ0v) is 5.53. The van der Waals surface area contributed by atoms with Crippen LogP contribution >= 0.6 is 11.3 Å². The van der Waals surface area contributed by atoms with Crippen LogP contribution in [0.5, 0.6) is 0 Å². The summed E-state index contributed by atoms with van der Waals surface area (Å²) in [6.45, 7) is 4.00. The van der Waals surface area contributed by atoms with Gasteiger partial charge in [-0.25, -0.2) is 0 Å². The average Bonchev–Trinajstić information content (AvgIpc) is 2.23. The maximum atomic E-state index is 2.04. The highest BCUT2D eigenvalue weighted by Crippen LogP contribution is 1.91. The van der Waals surface area contributed by atoms with Gasteiger partial charge >= 0.3 is 0 Å². The zero-order valence-electron chi connectivity index (χ0n) is 4.72. The zero-order chi connectivity index (χ0) is 5.54. The smallest absolute Gasteiger partial charge is 0.00934 e. The van der Waals surface area contributed by atoms with Crippen LogP contribution in [0.4, 0.5) is 0 Å². The molecular weight excluding hydrogens is 164 g/mol. The first-order valence-electron chi connectivity index (χ1n) is 2.47. The molecule has 1 rings (SSSR count). The molecule has 0 nitrogen and oxygen atoms in total. The molecule has 0 amide bonds. The van der Waals surface area contributed by atoms with Gasteiger partial charge in [0.25, 0.3) is 0 Å². The highest BCUT2D eigenvalue weighted by atomic mass is 32.1. The van der Waals surface area contributed by atoms with Gasteiger partial charge < -0.3 is 0 Å². The molecule has 0 N–H and O–H groups in total. The molecule has 0 aliphatic carbocycles. The minimum Gasteiger partial charge on any atom is -0.152 e. The second-order valence-corrected chi connectivity index (χ2v) is 1.61. The SMILES string of the molecule is C.C.C.C.C.CC.c1ccsc1. The number of hydrogen-bond acceptors (Lipinski definition) is 1. The molecule has 1 heterocycles. The van der Waals surface area contributed by atoms with Crippen molar-refractivity contribution in [3.05, 3.63) is 22.9 Å². The number of hydrogen-bond donors (Lipinski definition) is 0. The van der Waals surface area contributed by atoms with Crippen LogP contribution in [0.2, 0.25) is 0 Å². The van der Waals surface area contributed by atoms with E-state index in [2.05, 4.69) is 0 Å². The topological polar surface area (TPSA) is 0 Å². The van der Waals surface area contributed by atoms with E-state index in [0.29, 0.717) is 0 Å². The fourth-order valence-electron chi connectivity index (χ4n) is 0.227. The highest BCUT2D eigenvalue weighted by Gasteiger charge is 1.58. The van der Waals surface area contributed by atoms with Crippen LogP contribution in [-0.4, -0.2) is 0 Å². The van der Waals surface area contributed by atoms with Gasteiger partial charge in [0.05, 0.1) is 0 Å². The molecule has 0 aliphatic heterocycles. The van der Waals surface area contributed by atoms with Gasteiger partial charge in [0.15, 0.2) is 0 Å². The van der Waals surface area contributed by atoms with Crippen LogP contribution in [-0.2, 0) is 0 Å². The minimum atomic E-state index is 0. The Hall–Kier alpha value is -0.300. The van der Waals surface area contributed by atoms with Crippen molar-refractivity contribution in [3.8, 4) is 0 Å². The first-order valence-corrected chi connectivity index (χ1v) is 3.41. The van der Waals surface area contributed by atoms with E-state index in [1.54, 1.807) is 11.3 Å². The summed E-state index contributed by atoms with van der Waals surface area (Å²) in [5, 5.41) is 4.08. The Morgan fingerprint density at radius 2 is 0.917 bits per heavy atom. The van der Waals surface area contributed by atoms with Crippen molar-refractivity contribution in [2.24, 2.45) is 0 Å². The van der Waals surface area contributed by atoms with Gasteiger partial charge in [-0.3, -0.25) is 0 Å². The van der Waals surface area contributed by atoms with Gasteiger partial charge in [-0.2, -0.15) is 11.3 Å². The second kappa shape index (κ2) is 45.6. The lowest BCUT2D eigenvalue weighted by molar-refractivity contribution is 1.50. The predicted molar refractivity (Wildman–Crippen MR) is 69.3 cm³/mol. The van der Waals surface area contributed by atoms with E-state index >= 15 is 0 Å². The Morgan fingerprint density at radius 3 is 1.00 bits per heavy atom. The maximum absolute atomic E-state index is 2.04. The third-order valence-corrected chi connectivity index (χ3v) is 1.05. The lowest BCUT2D eigenvalue weighted by atomic mass is 10.7. The van der Waals surface area contributed by atoms with Crippen molar-refractivity contribution in [1.82, 2.24) is 0 Å². The van der Waals surface area contributed by atoms with Crippen molar-refractivity contribution in [3.63, 3.8) is 0 Å². The molecular formula is C11H30S. The van der Waals surface area contributed by atoms with E-state index < -0.39 is 0 Å². The Bertz CT molecular complexity index is 61.5. The third kappa shape index (κ3) is 33.2. The van der Waals surface area contributed by atoms with Crippen LogP contribution in [0, 0.1) is 0 Å². The molecule has 0 aromatic carbocycles. The molecule has 0 aliphatic rings. The van der Waals surface area contributed by atoms with Crippen LogP contribution < -0.4 is 0 Å². The van der Waals surface area contributed by atoms with Crippen LogP contribution in [0.15, 0.2) is 22.9 Å². The molecule has 1 aromatic rings. The standard InChI is InChI=1S/C4H4S.C2H6.5CH4/c1-2-4-5-3-1;1-2;;;;;/h1-4H;1-2H3;5*1H4. The van der Waals surface area contributed by atoms with E-state index in [1.807, 2.05) is 36.7 Å². The van der Waals surface area contributed by atoms with Crippen LogP contribution in [0.1, 0.15) is 51.0 Å². The van der Waals surface area contributed by atoms with Crippen molar-refractivity contribution >= 4 is 11.3 Å². The first kappa shape index (κ1) is 41.2. The fraction of sp³-hybridized carbons (Fsp3) is 0.636. The number of rotatable bonds is 0. The fourth-order valence-corrected chi connectivity index (χ4v) is 0.680. The normalized spacial score (nSPS) is 3.83. The molecule has 0 fully saturated rings. The second-order valence-electron chi connectivity index (χ2n) is 0.793. The summed E-state index contributed by atoms with van der Waals surface area (Å²) >= 11 is 1.71. The summed E-state index contributed by atoms with van der Waals surface area (Å²) in [6.07, 6.45) is 0. The maximum Gasteiger partial charge on any atom is -0.00934 e. The van der Waals surface area contributed by atoms with Crippen molar-refractivity contribution in [2.45, 2.75) is 51.0 Å². The summed E-state index contributed by atoms with van der Waals surface area (Å²) in [5.74, 6) is 0. The first-order chi connectivity index (χ1) is 3.50. The van der Waals surface area contributed by atoms with Crippen molar-refractivity contribution in [1.29, 1.82) is 0 Å². The Labute approximate surface area is 85.7 Å². The predicted octanol–water partition coefficient (Wildman–Crippen LogP) is 5.95. The van der Waals surface area contributed by atoms with Gasteiger partial charge in [0, 0.05) is 0 Å². The van der Waals surface area contributed by atoms with E-state index in [1.165, 1.54) is 0 Å². The van der Waals surface area contributed by atoms with E-state index in [0.717, 1.165) is 0 Å². The summed E-state index contributed by atoms with van der Waals surface area (Å²) in [6, 6.07) is 4.04. The van der Waals surface area contributed by atoms with Gasteiger partial charge in [-0.05, 0) is 10.8 Å². The lowest BCUT2D eigenvalue weighted by Crippen LogP contribution is -1.16. The molecule has 0 radical (unpaired) electrons. The summed E-state index contributed by atoms with van der Waals surface area (Å²) in [7, 11) is 0. The molecule has 0 unspecified atom stereocenters. The Morgan fingerprint density at radius 1 is 0.667 bits per heavy atom. The Kier molecular flexibility index (Phi) is 157. The molecule has 0 saturated carbocycles. The van der Waals surface area contributed by atoms with Crippen LogP contribution in [0.3, 0.4) is 0 Å². The molecule has 0 spiro atoms. The van der Waals surface area contributed by atoms with E-state index in [4.69, 9.17) is 0 Å². The van der Waals surface area contributed by atoms with Gasteiger partial charge in [-0.1, -0.05) is 63.1 Å². The molecule has 0 atom stereocenters. The molecule has 80 valence electrons. The van der Waals surface area contributed by atoms with Crippen LogP contribution in [0.25, 0.3) is 0 Å². The van der Waals surface area contributed by atoms with E-state index in [9.17, 15) is 0 Å².